The predicted octanol–water partition coefficient (Wildman–Crippen LogP) is 2.59. The summed E-state index contributed by atoms with van der Waals surface area (Å²) in [6.07, 6.45) is 1.40. The van der Waals surface area contributed by atoms with Gasteiger partial charge in [-0.1, -0.05) is 28.1 Å². The van der Waals surface area contributed by atoms with Crippen molar-refractivity contribution < 1.29 is 4.79 Å². The Morgan fingerprint density at radius 3 is 3.00 bits per heavy atom. The molecule has 2 unspecified atom stereocenters. The number of piperazine rings is 1. The lowest BCUT2D eigenvalue weighted by molar-refractivity contribution is -0.134. The fourth-order valence-corrected chi connectivity index (χ4v) is 2.94. The smallest absolute Gasteiger partial charge is 0.223 e. The minimum Gasteiger partial charge on any atom is -0.337 e. The van der Waals surface area contributed by atoms with Gasteiger partial charge in [0.05, 0.1) is 0 Å². The molecule has 0 bridgehead atoms. The maximum Gasteiger partial charge on any atom is 0.223 e. The van der Waals surface area contributed by atoms with Crippen LogP contribution in [-0.2, 0) is 11.2 Å². The van der Waals surface area contributed by atoms with Crippen molar-refractivity contribution in [1.29, 1.82) is 0 Å². The van der Waals surface area contributed by atoms with Gasteiger partial charge in [0.25, 0.3) is 0 Å². The number of amides is 1. The van der Waals surface area contributed by atoms with Gasteiger partial charge in [-0.25, -0.2) is 0 Å². The minimum absolute atomic E-state index is 0.265. The van der Waals surface area contributed by atoms with E-state index in [2.05, 4.69) is 47.2 Å². The molecule has 1 aliphatic rings. The maximum absolute atomic E-state index is 12.3. The summed E-state index contributed by atoms with van der Waals surface area (Å²) in [6.45, 7) is 5.98. The number of benzene rings is 1. The van der Waals surface area contributed by atoms with Crippen LogP contribution in [0.15, 0.2) is 28.7 Å². The van der Waals surface area contributed by atoms with E-state index in [0.717, 1.165) is 24.0 Å². The van der Waals surface area contributed by atoms with Gasteiger partial charge in [0.2, 0.25) is 5.91 Å². The van der Waals surface area contributed by atoms with Gasteiger partial charge in [-0.15, -0.1) is 0 Å². The van der Waals surface area contributed by atoms with Gasteiger partial charge in [-0.3, -0.25) is 4.79 Å². The van der Waals surface area contributed by atoms with Gasteiger partial charge in [0, 0.05) is 36.1 Å². The molecule has 0 saturated carbocycles. The first-order valence-electron chi connectivity index (χ1n) is 6.85. The lowest BCUT2D eigenvalue weighted by atomic mass is 10.0. The minimum atomic E-state index is 0.265. The highest BCUT2D eigenvalue weighted by Gasteiger charge is 2.27. The Balaban J connectivity index is 1.90. The van der Waals surface area contributed by atoms with Crippen LogP contribution in [0.1, 0.15) is 25.8 Å². The second-order valence-electron chi connectivity index (χ2n) is 5.20. The Morgan fingerprint density at radius 2 is 2.26 bits per heavy atom. The molecule has 104 valence electrons. The molecule has 19 heavy (non-hydrogen) atoms. The standard InChI is InChI=1S/C15H21BrN2O/c1-11-12(2)18(9-8-17-11)15(19)7-6-13-4-3-5-14(16)10-13/h3-5,10-12,17H,6-9H2,1-2H3. The summed E-state index contributed by atoms with van der Waals surface area (Å²) >= 11 is 3.46. The normalized spacial score (nSPS) is 23.4. The van der Waals surface area contributed by atoms with E-state index in [1.54, 1.807) is 0 Å². The van der Waals surface area contributed by atoms with Crippen molar-refractivity contribution in [2.45, 2.75) is 38.8 Å². The summed E-state index contributed by atoms with van der Waals surface area (Å²) < 4.78 is 1.07. The van der Waals surface area contributed by atoms with Gasteiger partial charge in [0.1, 0.15) is 0 Å². The molecule has 4 heteroatoms. The summed E-state index contributed by atoms with van der Waals surface area (Å²) in [5.41, 5.74) is 1.21. The van der Waals surface area contributed by atoms with Gasteiger partial charge in [-0.2, -0.15) is 0 Å². The van der Waals surface area contributed by atoms with Crippen LogP contribution in [0.5, 0.6) is 0 Å². The van der Waals surface area contributed by atoms with E-state index in [0.29, 0.717) is 12.5 Å². The number of nitrogens with one attached hydrogen (secondary N) is 1. The molecular formula is C15H21BrN2O. The fraction of sp³-hybridized carbons (Fsp3) is 0.533. The third-order valence-electron chi connectivity index (χ3n) is 3.87. The number of nitrogens with zero attached hydrogens (tertiary/aromatic N) is 1. The highest BCUT2D eigenvalue weighted by molar-refractivity contribution is 9.10. The lowest BCUT2D eigenvalue weighted by Crippen LogP contribution is -2.57. The summed E-state index contributed by atoms with van der Waals surface area (Å²) in [5, 5.41) is 3.40. The van der Waals surface area contributed by atoms with Crippen LogP contribution in [0.25, 0.3) is 0 Å². The lowest BCUT2D eigenvalue weighted by Gasteiger charge is -2.38. The first kappa shape index (κ1) is 14.5. The second kappa shape index (κ2) is 6.53. The zero-order valence-corrected chi connectivity index (χ0v) is 13.1. The zero-order chi connectivity index (χ0) is 13.8. The average Bonchev–Trinajstić information content (AvgIpc) is 2.39. The van der Waals surface area contributed by atoms with E-state index in [1.165, 1.54) is 5.56 Å². The van der Waals surface area contributed by atoms with Crippen LogP contribution < -0.4 is 5.32 Å². The quantitative estimate of drug-likeness (QED) is 0.926. The third kappa shape index (κ3) is 3.80. The fourth-order valence-electron chi connectivity index (χ4n) is 2.50. The molecule has 1 aromatic carbocycles. The Labute approximate surface area is 123 Å². The number of carbonyl (C=O) groups excluding carboxylic acids is 1. The van der Waals surface area contributed by atoms with Crippen LogP contribution in [0, 0.1) is 0 Å². The highest BCUT2D eigenvalue weighted by atomic mass is 79.9. The Morgan fingerprint density at radius 1 is 1.47 bits per heavy atom. The Bertz CT molecular complexity index is 450. The third-order valence-corrected chi connectivity index (χ3v) is 4.36. The van der Waals surface area contributed by atoms with Crippen molar-refractivity contribution in [3.05, 3.63) is 34.3 Å². The Hall–Kier alpha value is -0.870. The SMILES string of the molecule is CC1NCCN(C(=O)CCc2cccc(Br)c2)C1C. The molecule has 0 radical (unpaired) electrons. The van der Waals surface area contributed by atoms with Crippen molar-refractivity contribution in [3.8, 4) is 0 Å². The van der Waals surface area contributed by atoms with E-state index >= 15 is 0 Å². The molecule has 2 rings (SSSR count). The average molecular weight is 325 g/mol. The number of aryl methyl sites for hydroxylation is 1. The summed E-state index contributed by atoms with van der Waals surface area (Å²) in [7, 11) is 0. The predicted molar refractivity (Wildman–Crippen MR) is 81.1 cm³/mol. The maximum atomic E-state index is 12.3. The van der Waals surface area contributed by atoms with Crippen LogP contribution >= 0.6 is 15.9 Å². The van der Waals surface area contributed by atoms with Crippen molar-refractivity contribution in [2.24, 2.45) is 0 Å². The van der Waals surface area contributed by atoms with Crippen LogP contribution in [0.2, 0.25) is 0 Å². The van der Waals surface area contributed by atoms with E-state index in [-0.39, 0.29) is 11.9 Å². The molecule has 2 atom stereocenters. The molecule has 1 saturated heterocycles. The molecule has 3 nitrogen and oxygen atoms in total. The summed E-state index contributed by atoms with van der Waals surface area (Å²) in [6, 6.07) is 8.83. The number of hydrogen-bond acceptors (Lipinski definition) is 2. The van der Waals surface area contributed by atoms with Gasteiger partial charge in [0.15, 0.2) is 0 Å². The van der Waals surface area contributed by atoms with Gasteiger partial charge < -0.3 is 10.2 Å². The number of halogens is 1. The van der Waals surface area contributed by atoms with Crippen molar-refractivity contribution in [3.63, 3.8) is 0 Å². The Kier molecular flexibility index (Phi) is 4.99. The van der Waals surface area contributed by atoms with Crippen molar-refractivity contribution >= 4 is 21.8 Å². The van der Waals surface area contributed by atoms with Crippen LogP contribution in [0.4, 0.5) is 0 Å². The van der Waals surface area contributed by atoms with Crippen molar-refractivity contribution in [2.75, 3.05) is 13.1 Å². The largest absolute Gasteiger partial charge is 0.337 e. The van der Waals surface area contributed by atoms with Crippen molar-refractivity contribution in [1.82, 2.24) is 10.2 Å². The van der Waals surface area contributed by atoms with Crippen LogP contribution in [0.3, 0.4) is 0 Å². The molecule has 1 fully saturated rings. The molecule has 0 aromatic heterocycles. The summed E-state index contributed by atoms with van der Waals surface area (Å²) in [5.74, 6) is 0.265. The number of rotatable bonds is 3. The molecule has 1 amide bonds. The zero-order valence-electron chi connectivity index (χ0n) is 11.5. The van der Waals surface area contributed by atoms with E-state index in [1.807, 2.05) is 17.0 Å². The number of carbonyl (C=O) groups is 1. The van der Waals surface area contributed by atoms with Gasteiger partial charge in [-0.05, 0) is 38.0 Å². The monoisotopic (exact) mass is 324 g/mol. The second-order valence-corrected chi connectivity index (χ2v) is 6.12. The number of hydrogen-bond donors (Lipinski definition) is 1. The van der Waals surface area contributed by atoms with E-state index < -0.39 is 0 Å². The molecular weight excluding hydrogens is 304 g/mol. The topological polar surface area (TPSA) is 32.3 Å². The van der Waals surface area contributed by atoms with E-state index in [4.69, 9.17) is 0 Å². The molecule has 0 spiro atoms. The van der Waals surface area contributed by atoms with E-state index in [9.17, 15) is 4.79 Å². The molecule has 1 aromatic rings. The summed E-state index contributed by atoms with van der Waals surface area (Å²) in [4.78, 5) is 14.3. The molecule has 1 N–H and O–H groups in total. The van der Waals surface area contributed by atoms with Crippen LogP contribution in [-0.4, -0.2) is 36.0 Å². The first-order valence-corrected chi connectivity index (χ1v) is 7.64. The molecule has 1 heterocycles. The highest BCUT2D eigenvalue weighted by Crippen LogP contribution is 2.15. The first-order chi connectivity index (χ1) is 9.08. The molecule has 1 aliphatic heterocycles. The van der Waals surface area contributed by atoms with Gasteiger partial charge >= 0.3 is 0 Å². The molecule has 0 aliphatic carbocycles.